The minimum atomic E-state index is -1.03. The lowest BCUT2D eigenvalue weighted by Crippen LogP contribution is -2.36. The van der Waals surface area contributed by atoms with Gasteiger partial charge in [0.05, 0.1) is 0 Å². The van der Waals surface area contributed by atoms with Crippen LogP contribution in [0.3, 0.4) is 0 Å². The average molecular weight is 118 g/mol. The number of hydrogen-bond donors (Lipinski definition) is 3. The van der Waals surface area contributed by atoms with Crippen molar-refractivity contribution in [1.82, 2.24) is 5.32 Å². The Balaban J connectivity index is 3.24. The number of rotatable bonds is 2. The van der Waals surface area contributed by atoms with Crippen LogP contribution < -0.4 is 11.1 Å². The molecule has 0 spiro atoms. The third-order valence-electron chi connectivity index (χ3n) is 0.723. The number of hydrogen-bond acceptors (Lipinski definition) is 2. The molecular formula is C4H10N2O2. The van der Waals surface area contributed by atoms with E-state index in [9.17, 15) is 4.79 Å². The van der Waals surface area contributed by atoms with E-state index in [0.29, 0.717) is 6.54 Å². The van der Waals surface area contributed by atoms with E-state index in [2.05, 4.69) is 5.32 Å². The van der Waals surface area contributed by atoms with E-state index in [1.165, 1.54) is 0 Å². The highest BCUT2D eigenvalue weighted by Gasteiger charge is 1.99. The Morgan fingerprint density at radius 1 is 2.00 bits per heavy atom. The maximum atomic E-state index is 9.80. The van der Waals surface area contributed by atoms with Crippen molar-refractivity contribution in [2.45, 2.75) is 13.0 Å². The van der Waals surface area contributed by atoms with Crippen LogP contribution in [-0.2, 0) is 0 Å². The van der Waals surface area contributed by atoms with Gasteiger partial charge in [-0.05, 0) is 6.92 Å². The van der Waals surface area contributed by atoms with Crippen LogP contribution in [-0.4, -0.2) is 23.8 Å². The summed E-state index contributed by atoms with van der Waals surface area (Å²) < 4.78 is 0. The third-order valence-corrected chi connectivity index (χ3v) is 0.723. The average Bonchev–Trinajstić information content (AvgIpc) is 1.65. The maximum Gasteiger partial charge on any atom is 0.404 e. The number of amides is 1. The van der Waals surface area contributed by atoms with Crippen molar-refractivity contribution in [2.75, 3.05) is 6.54 Å². The zero-order valence-electron chi connectivity index (χ0n) is 4.72. The van der Waals surface area contributed by atoms with Gasteiger partial charge in [0.25, 0.3) is 0 Å². The fourth-order valence-corrected chi connectivity index (χ4v) is 0.270. The van der Waals surface area contributed by atoms with Crippen molar-refractivity contribution < 1.29 is 9.90 Å². The van der Waals surface area contributed by atoms with Crippen LogP contribution in [0, 0.1) is 0 Å². The van der Waals surface area contributed by atoms with Gasteiger partial charge < -0.3 is 16.2 Å². The molecule has 0 aromatic heterocycles. The number of carbonyl (C=O) groups is 1. The lowest BCUT2D eigenvalue weighted by Gasteiger charge is -2.05. The molecule has 48 valence electrons. The first-order valence-corrected chi connectivity index (χ1v) is 2.36. The molecule has 1 atom stereocenters. The summed E-state index contributed by atoms with van der Waals surface area (Å²) >= 11 is 0. The van der Waals surface area contributed by atoms with Crippen LogP contribution in [0.25, 0.3) is 0 Å². The highest BCUT2D eigenvalue weighted by atomic mass is 16.4. The summed E-state index contributed by atoms with van der Waals surface area (Å²) in [4.78, 5) is 9.80. The zero-order chi connectivity index (χ0) is 6.57. The van der Waals surface area contributed by atoms with Crippen LogP contribution in [0.5, 0.6) is 0 Å². The van der Waals surface area contributed by atoms with Crippen molar-refractivity contribution in [3.8, 4) is 0 Å². The first kappa shape index (κ1) is 7.23. The minimum Gasteiger partial charge on any atom is -0.465 e. The number of carboxylic acid groups (broad SMARTS) is 1. The molecule has 0 heterocycles. The van der Waals surface area contributed by atoms with Gasteiger partial charge in [0, 0.05) is 12.6 Å². The Morgan fingerprint density at radius 3 is 2.62 bits per heavy atom. The molecule has 0 radical (unpaired) electrons. The number of nitrogens with two attached hydrogens (primary N) is 1. The second-order valence-corrected chi connectivity index (χ2v) is 1.59. The van der Waals surface area contributed by atoms with Gasteiger partial charge in [0.2, 0.25) is 0 Å². The van der Waals surface area contributed by atoms with Crippen molar-refractivity contribution in [2.24, 2.45) is 5.73 Å². The summed E-state index contributed by atoms with van der Waals surface area (Å²) in [7, 11) is 0. The maximum absolute atomic E-state index is 9.80. The van der Waals surface area contributed by atoms with E-state index in [0.717, 1.165) is 0 Å². The molecule has 0 bridgehead atoms. The molecule has 0 aliphatic carbocycles. The quantitative estimate of drug-likeness (QED) is 0.462. The standard InChI is InChI=1S/C4H10N2O2/c1-3(2-5)6-4(7)8/h3,6H,2,5H2,1H3,(H,7,8). The van der Waals surface area contributed by atoms with Gasteiger partial charge >= 0.3 is 6.09 Å². The summed E-state index contributed by atoms with van der Waals surface area (Å²) in [5.74, 6) is 0. The van der Waals surface area contributed by atoms with Gasteiger partial charge in [-0.3, -0.25) is 0 Å². The smallest absolute Gasteiger partial charge is 0.404 e. The highest BCUT2D eigenvalue weighted by molar-refractivity contribution is 5.64. The molecule has 4 heteroatoms. The summed E-state index contributed by atoms with van der Waals surface area (Å²) in [5, 5.41) is 10.2. The van der Waals surface area contributed by atoms with Gasteiger partial charge in [-0.1, -0.05) is 0 Å². The van der Waals surface area contributed by atoms with Gasteiger partial charge in [0.1, 0.15) is 0 Å². The summed E-state index contributed by atoms with van der Waals surface area (Å²) in [6.07, 6.45) is -1.03. The Labute approximate surface area is 47.7 Å². The Kier molecular flexibility index (Phi) is 2.95. The second kappa shape index (κ2) is 3.26. The molecule has 0 aromatic rings. The van der Waals surface area contributed by atoms with E-state index >= 15 is 0 Å². The fourth-order valence-electron chi connectivity index (χ4n) is 0.270. The van der Waals surface area contributed by atoms with Crippen molar-refractivity contribution in [1.29, 1.82) is 0 Å². The second-order valence-electron chi connectivity index (χ2n) is 1.59. The van der Waals surface area contributed by atoms with Crippen LogP contribution in [0.4, 0.5) is 4.79 Å². The van der Waals surface area contributed by atoms with Crippen molar-refractivity contribution >= 4 is 6.09 Å². The lowest BCUT2D eigenvalue weighted by atomic mass is 10.3. The predicted octanol–water partition coefficient (Wildman–Crippen LogP) is -0.399. The van der Waals surface area contributed by atoms with Crippen LogP contribution in [0.1, 0.15) is 6.92 Å². The van der Waals surface area contributed by atoms with E-state index in [1.807, 2.05) is 0 Å². The Morgan fingerprint density at radius 2 is 2.50 bits per heavy atom. The largest absolute Gasteiger partial charge is 0.465 e. The van der Waals surface area contributed by atoms with E-state index in [4.69, 9.17) is 10.8 Å². The molecule has 4 N–H and O–H groups in total. The van der Waals surface area contributed by atoms with Gasteiger partial charge in [-0.15, -0.1) is 0 Å². The molecule has 0 saturated heterocycles. The lowest BCUT2D eigenvalue weighted by molar-refractivity contribution is 0.191. The first-order valence-electron chi connectivity index (χ1n) is 2.36. The van der Waals surface area contributed by atoms with Gasteiger partial charge in [-0.25, -0.2) is 4.79 Å². The number of nitrogens with one attached hydrogen (secondary N) is 1. The van der Waals surface area contributed by atoms with Crippen LogP contribution >= 0.6 is 0 Å². The van der Waals surface area contributed by atoms with E-state index in [1.54, 1.807) is 6.92 Å². The predicted molar refractivity (Wildman–Crippen MR) is 29.7 cm³/mol. The molecule has 1 amide bonds. The molecule has 0 fully saturated rings. The minimum absolute atomic E-state index is 0.146. The molecule has 0 aliphatic rings. The van der Waals surface area contributed by atoms with Gasteiger partial charge in [0.15, 0.2) is 0 Å². The third kappa shape index (κ3) is 3.42. The molecule has 0 aliphatic heterocycles. The topological polar surface area (TPSA) is 75.3 Å². The normalized spacial score (nSPS) is 12.8. The van der Waals surface area contributed by atoms with Crippen molar-refractivity contribution in [3.63, 3.8) is 0 Å². The summed E-state index contributed by atoms with van der Waals surface area (Å²) in [5.41, 5.74) is 5.09. The zero-order valence-corrected chi connectivity index (χ0v) is 4.72. The van der Waals surface area contributed by atoms with Gasteiger partial charge in [-0.2, -0.15) is 0 Å². The summed E-state index contributed by atoms with van der Waals surface area (Å²) in [6.45, 7) is 2.04. The fraction of sp³-hybridized carbons (Fsp3) is 0.750. The van der Waals surface area contributed by atoms with E-state index in [-0.39, 0.29) is 6.04 Å². The molecule has 0 aromatic carbocycles. The molecular weight excluding hydrogens is 108 g/mol. The summed E-state index contributed by atoms with van der Waals surface area (Å²) in [6, 6.07) is -0.146. The van der Waals surface area contributed by atoms with Crippen LogP contribution in [0.2, 0.25) is 0 Å². The first-order chi connectivity index (χ1) is 3.66. The SMILES string of the molecule is CC(CN)NC(=O)O. The highest BCUT2D eigenvalue weighted by Crippen LogP contribution is 1.73. The molecule has 0 saturated carbocycles. The van der Waals surface area contributed by atoms with Crippen molar-refractivity contribution in [3.05, 3.63) is 0 Å². The molecule has 4 nitrogen and oxygen atoms in total. The molecule has 8 heavy (non-hydrogen) atoms. The van der Waals surface area contributed by atoms with E-state index < -0.39 is 6.09 Å². The monoisotopic (exact) mass is 118 g/mol. The Bertz CT molecular complexity index is 84.1. The molecule has 1 unspecified atom stereocenters. The van der Waals surface area contributed by atoms with Crippen LogP contribution in [0.15, 0.2) is 0 Å². The molecule has 0 rings (SSSR count). The Hall–Kier alpha value is -0.770.